The molecule has 1 N–H and O–H groups in total. The van der Waals surface area contributed by atoms with Crippen molar-refractivity contribution in [2.45, 2.75) is 26.2 Å². The maximum Gasteiger partial charge on any atom is 0.333 e. The Kier molecular flexibility index (Phi) is 6.38. The molecule has 0 aliphatic heterocycles. The van der Waals surface area contributed by atoms with E-state index in [0.29, 0.717) is 18.4 Å². The molecule has 0 heterocycles. The summed E-state index contributed by atoms with van der Waals surface area (Å²) in [6.45, 7) is 5.89. The molecule has 0 rings (SSSR count). The van der Waals surface area contributed by atoms with Crippen molar-refractivity contribution < 1.29 is 14.6 Å². The zero-order chi connectivity index (χ0) is 9.40. The van der Waals surface area contributed by atoms with Crippen LogP contribution in [-0.2, 0) is 9.53 Å². The molecule has 0 aliphatic carbocycles. The van der Waals surface area contributed by atoms with Gasteiger partial charge in [-0.3, -0.25) is 0 Å². The van der Waals surface area contributed by atoms with Crippen molar-refractivity contribution in [1.29, 1.82) is 0 Å². The average molecular weight is 172 g/mol. The third-order valence-electron chi connectivity index (χ3n) is 1.38. The van der Waals surface area contributed by atoms with Crippen LogP contribution >= 0.6 is 0 Å². The number of rotatable bonds is 6. The predicted octanol–water partition coefficient (Wildman–Crippen LogP) is 1.27. The van der Waals surface area contributed by atoms with Gasteiger partial charge in [-0.2, -0.15) is 0 Å². The van der Waals surface area contributed by atoms with Crippen molar-refractivity contribution in [3.63, 3.8) is 0 Å². The summed E-state index contributed by atoms with van der Waals surface area (Å²) >= 11 is 0. The normalized spacial score (nSPS) is 9.50. The van der Waals surface area contributed by atoms with Gasteiger partial charge in [0.25, 0.3) is 0 Å². The predicted molar refractivity (Wildman–Crippen MR) is 46.7 cm³/mol. The zero-order valence-corrected chi connectivity index (χ0v) is 7.51. The van der Waals surface area contributed by atoms with E-state index in [0.717, 1.165) is 6.42 Å². The first-order valence-corrected chi connectivity index (χ1v) is 4.18. The summed E-state index contributed by atoms with van der Waals surface area (Å²) in [6, 6.07) is 0. The molecule has 3 nitrogen and oxygen atoms in total. The molecule has 0 radical (unpaired) electrons. The zero-order valence-electron chi connectivity index (χ0n) is 7.51. The first kappa shape index (κ1) is 11.2. The topological polar surface area (TPSA) is 46.5 Å². The van der Waals surface area contributed by atoms with Gasteiger partial charge in [-0.15, -0.1) is 0 Å². The molecule has 0 saturated heterocycles. The molecule has 12 heavy (non-hydrogen) atoms. The number of carbonyl (C=O) groups excluding carboxylic acids is 1. The van der Waals surface area contributed by atoms with Crippen molar-refractivity contribution in [2.75, 3.05) is 13.2 Å². The molecule has 70 valence electrons. The summed E-state index contributed by atoms with van der Waals surface area (Å²) in [5, 5.41) is 8.41. The molecule has 0 aromatic rings. The van der Waals surface area contributed by atoms with Gasteiger partial charge in [-0.05, 0) is 6.42 Å². The summed E-state index contributed by atoms with van der Waals surface area (Å²) in [5.74, 6) is -0.342. The quantitative estimate of drug-likeness (QED) is 0.373. The molecular weight excluding hydrogens is 156 g/mol. The lowest BCUT2D eigenvalue weighted by Gasteiger charge is -2.04. The van der Waals surface area contributed by atoms with Crippen molar-refractivity contribution in [3.05, 3.63) is 12.2 Å². The summed E-state index contributed by atoms with van der Waals surface area (Å²) in [4.78, 5) is 11.0. The van der Waals surface area contributed by atoms with E-state index in [1.807, 2.05) is 6.92 Å². The van der Waals surface area contributed by atoms with E-state index in [9.17, 15) is 4.79 Å². The molecule has 0 amide bonds. The Morgan fingerprint density at radius 2 is 2.25 bits per heavy atom. The van der Waals surface area contributed by atoms with Gasteiger partial charge in [0.1, 0.15) is 0 Å². The third kappa shape index (κ3) is 4.91. The third-order valence-corrected chi connectivity index (χ3v) is 1.38. The van der Waals surface area contributed by atoms with Crippen molar-refractivity contribution in [3.8, 4) is 0 Å². The smallest absolute Gasteiger partial charge is 0.333 e. The molecule has 0 saturated carbocycles. The minimum absolute atomic E-state index is 0.0491. The molecule has 0 aromatic heterocycles. The molecule has 0 bridgehead atoms. The lowest BCUT2D eigenvalue weighted by molar-refractivity contribution is -0.139. The first-order valence-electron chi connectivity index (χ1n) is 4.18. The average Bonchev–Trinajstić information content (AvgIpc) is 2.05. The lowest BCUT2D eigenvalue weighted by Crippen LogP contribution is -2.08. The highest BCUT2D eigenvalue weighted by Gasteiger charge is 2.05. The monoisotopic (exact) mass is 172 g/mol. The molecule has 0 spiro atoms. The van der Waals surface area contributed by atoms with Gasteiger partial charge in [0.15, 0.2) is 0 Å². The van der Waals surface area contributed by atoms with Gasteiger partial charge < -0.3 is 9.84 Å². The van der Waals surface area contributed by atoms with Crippen LogP contribution in [0.4, 0.5) is 0 Å². The second-order valence-electron chi connectivity index (χ2n) is 2.57. The Morgan fingerprint density at radius 1 is 1.58 bits per heavy atom. The van der Waals surface area contributed by atoms with Crippen LogP contribution in [0.15, 0.2) is 12.2 Å². The Balaban J connectivity index is 3.50. The van der Waals surface area contributed by atoms with E-state index in [1.165, 1.54) is 0 Å². The molecular formula is C9H16O3. The van der Waals surface area contributed by atoms with Crippen molar-refractivity contribution >= 4 is 5.97 Å². The van der Waals surface area contributed by atoms with Crippen LogP contribution in [-0.4, -0.2) is 24.3 Å². The number of hydrogen-bond acceptors (Lipinski definition) is 3. The van der Waals surface area contributed by atoms with E-state index < -0.39 is 0 Å². The number of esters is 1. The minimum Gasteiger partial charge on any atom is -0.462 e. The highest BCUT2D eigenvalue weighted by atomic mass is 16.5. The summed E-state index contributed by atoms with van der Waals surface area (Å²) in [6.07, 6.45) is 2.07. The van der Waals surface area contributed by atoms with Gasteiger partial charge >= 0.3 is 5.97 Å². The fraction of sp³-hybridized carbons (Fsp3) is 0.667. The number of ether oxygens (including phenoxy) is 1. The van der Waals surface area contributed by atoms with Gasteiger partial charge in [0, 0.05) is 18.6 Å². The number of aliphatic hydroxyl groups excluding tert-OH is 1. The summed E-state index contributed by atoms with van der Waals surface area (Å²) < 4.78 is 4.80. The largest absolute Gasteiger partial charge is 0.462 e. The van der Waals surface area contributed by atoms with Crippen molar-refractivity contribution in [1.82, 2.24) is 0 Å². The first-order chi connectivity index (χ1) is 5.72. The van der Waals surface area contributed by atoms with Gasteiger partial charge in [0.2, 0.25) is 0 Å². The number of aliphatic hydroxyl groups is 1. The second-order valence-corrected chi connectivity index (χ2v) is 2.57. The van der Waals surface area contributed by atoms with E-state index in [4.69, 9.17) is 9.84 Å². The molecule has 0 fully saturated rings. The van der Waals surface area contributed by atoms with Crippen LogP contribution in [0.3, 0.4) is 0 Å². The summed E-state index contributed by atoms with van der Waals surface area (Å²) in [7, 11) is 0. The SMILES string of the molecule is C=C(CCC)C(=O)OCCCO. The molecule has 0 unspecified atom stereocenters. The van der Waals surface area contributed by atoms with Gasteiger partial charge in [-0.25, -0.2) is 4.79 Å². The fourth-order valence-electron chi connectivity index (χ4n) is 0.735. The number of carbonyl (C=O) groups is 1. The molecule has 3 heteroatoms. The molecule has 0 aliphatic rings. The number of hydrogen-bond donors (Lipinski definition) is 1. The minimum atomic E-state index is -0.342. The Morgan fingerprint density at radius 3 is 2.75 bits per heavy atom. The van der Waals surface area contributed by atoms with E-state index >= 15 is 0 Å². The van der Waals surface area contributed by atoms with E-state index in [1.54, 1.807) is 0 Å². The maximum absolute atomic E-state index is 11.0. The van der Waals surface area contributed by atoms with Crippen LogP contribution in [0.5, 0.6) is 0 Å². The second kappa shape index (κ2) is 6.85. The Hall–Kier alpha value is -0.830. The Labute approximate surface area is 73.0 Å². The standard InChI is InChI=1S/C9H16O3/c1-3-5-8(2)9(11)12-7-4-6-10/h10H,2-7H2,1H3. The van der Waals surface area contributed by atoms with Gasteiger partial charge in [-0.1, -0.05) is 19.9 Å². The van der Waals surface area contributed by atoms with Gasteiger partial charge in [0.05, 0.1) is 6.61 Å². The van der Waals surface area contributed by atoms with Crippen LogP contribution in [0.2, 0.25) is 0 Å². The van der Waals surface area contributed by atoms with Crippen LogP contribution in [0.1, 0.15) is 26.2 Å². The van der Waals surface area contributed by atoms with Crippen LogP contribution < -0.4 is 0 Å². The fourth-order valence-corrected chi connectivity index (χ4v) is 0.735. The maximum atomic E-state index is 11.0. The van der Waals surface area contributed by atoms with E-state index in [-0.39, 0.29) is 19.2 Å². The lowest BCUT2D eigenvalue weighted by atomic mass is 10.2. The highest BCUT2D eigenvalue weighted by Crippen LogP contribution is 2.03. The van der Waals surface area contributed by atoms with E-state index in [2.05, 4.69) is 6.58 Å². The Bertz CT molecular complexity index is 152. The molecule has 0 atom stereocenters. The van der Waals surface area contributed by atoms with Crippen LogP contribution in [0.25, 0.3) is 0 Å². The summed E-state index contributed by atoms with van der Waals surface area (Å²) in [5.41, 5.74) is 0.510. The highest BCUT2D eigenvalue weighted by molar-refractivity contribution is 5.87. The van der Waals surface area contributed by atoms with Crippen molar-refractivity contribution in [2.24, 2.45) is 0 Å². The van der Waals surface area contributed by atoms with Crippen LogP contribution in [0, 0.1) is 0 Å². The molecule has 0 aromatic carbocycles.